The van der Waals surface area contributed by atoms with Crippen molar-refractivity contribution >= 4 is 46.5 Å². The lowest BCUT2D eigenvalue weighted by Gasteiger charge is -2.37. The van der Waals surface area contributed by atoms with Crippen molar-refractivity contribution in [3.05, 3.63) is 30.3 Å². The largest absolute Gasteiger partial charge is 0.397 e. The lowest BCUT2D eigenvalue weighted by atomic mass is 10.0. The summed E-state index contributed by atoms with van der Waals surface area (Å²) < 4.78 is 37.3. The molecule has 4 N–H and O–H groups in total. The van der Waals surface area contributed by atoms with Crippen LogP contribution in [0.1, 0.15) is 45.4 Å². The van der Waals surface area contributed by atoms with Gasteiger partial charge in [-0.1, -0.05) is 0 Å². The van der Waals surface area contributed by atoms with Crippen molar-refractivity contribution in [1.82, 2.24) is 14.9 Å². The van der Waals surface area contributed by atoms with Gasteiger partial charge in [0.15, 0.2) is 11.0 Å². The number of rotatable bonds is 9. The molecule has 2 aliphatic rings. The molecule has 0 bridgehead atoms. The van der Waals surface area contributed by atoms with E-state index in [4.69, 9.17) is 16.1 Å². The monoisotopic (exact) mass is 562 g/mol. The van der Waals surface area contributed by atoms with Gasteiger partial charge in [0.1, 0.15) is 18.1 Å². The van der Waals surface area contributed by atoms with Crippen LogP contribution in [0.4, 0.5) is 30.5 Å². The molecule has 2 aliphatic heterocycles. The highest BCUT2D eigenvalue weighted by Crippen LogP contribution is 2.32. The van der Waals surface area contributed by atoms with Crippen LogP contribution in [0.3, 0.4) is 0 Å². The van der Waals surface area contributed by atoms with Crippen LogP contribution in [-0.4, -0.2) is 70.7 Å². The average Bonchev–Trinajstić information content (AvgIpc) is 3.39. The highest BCUT2D eigenvalue weighted by atomic mass is 32.2. The van der Waals surface area contributed by atoms with E-state index in [1.54, 1.807) is 19.1 Å². The van der Waals surface area contributed by atoms with Gasteiger partial charge in [0.05, 0.1) is 0 Å². The number of nitrogens with one attached hydrogen (secondary N) is 2. The predicted molar refractivity (Wildman–Crippen MR) is 147 cm³/mol. The van der Waals surface area contributed by atoms with Crippen molar-refractivity contribution in [2.75, 3.05) is 36.4 Å². The Labute approximate surface area is 230 Å². The van der Waals surface area contributed by atoms with Crippen LogP contribution >= 0.6 is 11.8 Å². The Bertz CT molecular complexity index is 1190. The van der Waals surface area contributed by atoms with E-state index in [0.29, 0.717) is 22.7 Å². The molecule has 3 heterocycles. The molecular weight excluding hydrogens is 529 g/mol. The Balaban J connectivity index is 1.49. The van der Waals surface area contributed by atoms with Crippen molar-refractivity contribution in [1.29, 1.82) is 5.41 Å². The molecule has 0 radical (unpaired) electrons. The molecule has 39 heavy (non-hydrogen) atoms. The van der Waals surface area contributed by atoms with Crippen LogP contribution < -0.4 is 16.0 Å². The molecule has 0 spiro atoms. The highest BCUT2D eigenvalue weighted by molar-refractivity contribution is 7.99. The third kappa shape index (κ3) is 8.92. The topological polar surface area (TPSA) is 124 Å². The molecule has 0 aliphatic carbocycles. The lowest BCUT2D eigenvalue weighted by Crippen LogP contribution is -2.44. The van der Waals surface area contributed by atoms with Crippen molar-refractivity contribution in [3.63, 3.8) is 0 Å². The molecule has 2 aromatic rings. The third-order valence-corrected chi connectivity index (χ3v) is 7.41. The summed E-state index contributed by atoms with van der Waals surface area (Å²) in [5, 5.41) is 10.4. The third-order valence-electron chi connectivity index (χ3n) is 6.54. The summed E-state index contributed by atoms with van der Waals surface area (Å²) in [5.74, 6) is 0.322. The first-order valence-corrected chi connectivity index (χ1v) is 13.8. The van der Waals surface area contributed by atoms with Gasteiger partial charge in [0.25, 0.3) is 0 Å². The number of halogens is 3. The molecule has 2 saturated heterocycles. The van der Waals surface area contributed by atoms with E-state index in [-0.39, 0.29) is 17.9 Å². The van der Waals surface area contributed by atoms with Crippen LogP contribution in [-0.2, 0) is 4.79 Å². The minimum Gasteiger partial charge on any atom is -0.387 e. The van der Waals surface area contributed by atoms with Gasteiger partial charge < -0.3 is 26.3 Å². The van der Waals surface area contributed by atoms with Gasteiger partial charge in [0.2, 0.25) is 5.91 Å². The van der Waals surface area contributed by atoms with Gasteiger partial charge >= 0.3 is 6.18 Å². The number of aromatic nitrogens is 2. The molecule has 4 rings (SSSR count). The summed E-state index contributed by atoms with van der Waals surface area (Å²) in [6.45, 7) is 5.75. The number of aliphatic imine (C=N–C) groups is 1. The molecule has 1 aromatic carbocycles. The Morgan fingerprint density at radius 2 is 1.82 bits per heavy atom. The minimum absolute atomic E-state index is 0.241. The summed E-state index contributed by atoms with van der Waals surface area (Å²) in [6, 6.07) is 8.84. The number of piperidine rings is 1. The van der Waals surface area contributed by atoms with Crippen molar-refractivity contribution in [2.45, 2.75) is 67.7 Å². The minimum atomic E-state index is -4.56. The second kappa shape index (κ2) is 12.8. The number of anilines is 2. The van der Waals surface area contributed by atoms with Gasteiger partial charge in [-0.2, -0.15) is 13.2 Å². The first-order valence-electron chi connectivity index (χ1n) is 12.9. The van der Waals surface area contributed by atoms with Crippen LogP contribution in [0.15, 0.2) is 45.4 Å². The normalized spacial score (nSPS) is 17.4. The fourth-order valence-corrected chi connectivity index (χ4v) is 5.55. The Morgan fingerprint density at radius 1 is 1.15 bits per heavy atom. The number of nitrogens with zero attached hydrogens (tertiary/aromatic N) is 5. The number of benzene rings is 1. The van der Waals surface area contributed by atoms with Crippen LogP contribution in [0.25, 0.3) is 0 Å². The van der Waals surface area contributed by atoms with E-state index in [1.807, 2.05) is 6.07 Å². The second-order valence-electron chi connectivity index (χ2n) is 9.86. The van der Waals surface area contributed by atoms with E-state index in [9.17, 15) is 18.0 Å². The molecular formula is C26H33F3N8OS. The summed E-state index contributed by atoms with van der Waals surface area (Å²) >= 11 is 1.28. The average molecular weight is 563 g/mol. The molecule has 0 atom stereocenters. The summed E-state index contributed by atoms with van der Waals surface area (Å²) in [4.78, 5) is 30.9. The molecule has 0 unspecified atom stereocenters. The maximum absolute atomic E-state index is 12.4. The van der Waals surface area contributed by atoms with E-state index in [2.05, 4.69) is 25.1 Å². The van der Waals surface area contributed by atoms with Gasteiger partial charge in [0, 0.05) is 47.9 Å². The summed E-state index contributed by atoms with van der Waals surface area (Å²) in [5.41, 5.74) is 6.70. The SMILES string of the molecule is CC(=N)CC(N)=Nc1cc(N2CCC(N3CCCC3)CC2)nc(Sc2ccc(NC(=O)CC(F)(F)F)cc2)n1. The van der Waals surface area contributed by atoms with Crippen molar-refractivity contribution in [3.8, 4) is 0 Å². The van der Waals surface area contributed by atoms with E-state index >= 15 is 0 Å². The first-order chi connectivity index (χ1) is 18.5. The van der Waals surface area contributed by atoms with Crippen molar-refractivity contribution < 1.29 is 18.0 Å². The number of carbonyl (C=O) groups is 1. The van der Waals surface area contributed by atoms with E-state index in [0.717, 1.165) is 36.6 Å². The maximum atomic E-state index is 12.4. The molecule has 210 valence electrons. The zero-order valence-electron chi connectivity index (χ0n) is 21.8. The van der Waals surface area contributed by atoms with Crippen LogP contribution in [0, 0.1) is 5.41 Å². The number of likely N-dealkylation sites (tertiary alicyclic amines) is 1. The highest BCUT2D eigenvalue weighted by Gasteiger charge is 2.31. The van der Waals surface area contributed by atoms with Crippen LogP contribution in [0.2, 0.25) is 0 Å². The first kappa shape index (κ1) is 28.8. The number of alkyl halides is 3. The zero-order valence-corrected chi connectivity index (χ0v) is 22.6. The molecule has 0 saturated carbocycles. The fraction of sp³-hybridized carbons (Fsp3) is 0.500. The van der Waals surface area contributed by atoms with E-state index < -0.39 is 18.5 Å². The van der Waals surface area contributed by atoms with Crippen LogP contribution in [0.5, 0.6) is 0 Å². The second-order valence-corrected chi connectivity index (χ2v) is 10.9. The van der Waals surface area contributed by atoms with E-state index in [1.165, 1.54) is 49.8 Å². The molecule has 1 amide bonds. The van der Waals surface area contributed by atoms with Gasteiger partial charge in [-0.25, -0.2) is 15.0 Å². The van der Waals surface area contributed by atoms with Gasteiger partial charge in [-0.3, -0.25) is 4.79 Å². The Hall–Kier alpha value is -3.19. The smallest absolute Gasteiger partial charge is 0.387 e. The molecule has 9 nitrogen and oxygen atoms in total. The van der Waals surface area contributed by atoms with Gasteiger partial charge in [-0.05, 0) is 81.7 Å². The molecule has 13 heteroatoms. The number of carbonyl (C=O) groups excluding carboxylic acids is 1. The molecule has 2 fully saturated rings. The number of nitrogens with two attached hydrogens (primary N) is 1. The fourth-order valence-electron chi connectivity index (χ4n) is 4.79. The number of hydrogen-bond acceptors (Lipinski definition) is 8. The Kier molecular flexibility index (Phi) is 9.44. The number of amidine groups is 1. The zero-order chi connectivity index (χ0) is 28.0. The lowest BCUT2D eigenvalue weighted by molar-refractivity contribution is -0.150. The summed E-state index contributed by atoms with van der Waals surface area (Å²) in [6.07, 6.45) is -1.21. The quantitative estimate of drug-likeness (QED) is 0.223. The molecule has 1 aromatic heterocycles. The Morgan fingerprint density at radius 3 is 2.44 bits per heavy atom. The predicted octanol–water partition coefficient (Wildman–Crippen LogP) is 5.00. The number of amides is 1. The maximum Gasteiger partial charge on any atom is 0.397 e. The summed E-state index contributed by atoms with van der Waals surface area (Å²) in [7, 11) is 0. The van der Waals surface area contributed by atoms with Crippen molar-refractivity contribution in [2.24, 2.45) is 10.7 Å². The number of hydrogen-bond donors (Lipinski definition) is 3. The standard InChI is InChI=1S/C26H33F3N8OS/c1-17(30)14-21(31)33-22-15-23(37-12-8-19(9-13-37)36-10-2-3-11-36)35-25(34-22)39-20-6-4-18(5-7-20)32-24(38)16-26(27,28)29/h4-7,15,19,30H,2-3,8-14,16H2,1H3,(H,32,38)(H2,31,33,34,35). The van der Waals surface area contributed by atoms with Gasteiger partial charge in [-0.15, -0.1) is 0 Å².